The molecule has 0 saturated carbocycles. The van der Waals surface area contributed by atoms with Crippen LogP contribution in [0.2, 0.25) is 0 Å². The van der Waals surface area contributed by atoms with Crippen molar-refractivity contribution in [1.82, 2.24) is 0 Å². The van der Waals surface area contributed by atoms with Gasteiger partial charge < -0.3 is 0 Å². The second kappa shape index (κ2) is 6.92. The Kier molecular flexibility index (Phi) is 5.22. The minimum atomic E-state index is 0.908. The van der Waals surface area contributed by atoms with E-state index in [4.69, 9.17) is 0 Å². The van der Waals surface area contributed by atoms with E-state index in [9.17, 15) is 0 Å². The third-order valence-corrected chi connectivity index (χ3v) is 3.77. The van der Waals surface area contributed by atoms with Crippen molar-refractivity contribution >= 4 is 35.5 Å². The maximum absolute atomic E-state index is 3.07. The van der Waals surface area contributed by atoms with E-state index in [1.165, 1.54) is 11.1 Å². The van der Waals surface area contributed by atoms with Crippen molar-refractivity contribution < 1.29 is 4.58 Å². The minimum absolute atomic E-state index is 0.908. The Bertz CT molecular complexity index is 473. The van der Waals surface area contributed by atoms with Gasteiger partial charge in [0.2, 0.25) is 0 Å². The van der Waals surface area contributed by atoms with Crippen LogP contribution < -0.4 is 0 Å². The van der Waals surface area contributed by atoms with Crippen molar-refractivity contribution in [2.24, 2.45) is 0 Å². The predicted octanol–water partition coefficient (Wildman–Crippen LogP) is 2.09. The molecule has 0 heterocycles. The first kappa shape index (κ1) is 13.6. The molecule has 0 fully saturated rings. The van der Waals surface area contributed by atoms with E-state index in [0.717, 1.165) is 16.6 Å². The fraction of sp³-hybridized carbons (Fsp3) is 0.133. The molecule has 0 aliphatic carbocycles. The summed E-state index contributed by atoms with van der Waals surface area (Å²) in [5, 5.41) is 0. The monoisotopic (exact) mass is 368 g/mol. The van der Waals surface area contributed by atoms with Gasteiger partial charge in [0.25, 0.3) is 0 Å². The Morgan fingerprint density at radius 1 is 0.722 bits per heavy atom. The standard InChI is InChI=1S/C15H14NSe2/c17-15(18)16(11-13-7-3-1-4-8-13)12-14-9-5-2-6-10-14/h1-10H,11-12H2/q+1. The van der Waals surface area contributed by atoms with Crippen molar-refractivity contribution in [3.8, 4) is 0 Å². The number of hydrogen-bond donors (Lipinski definition) is 0. The third kappa shape index (κ3) is 4.11. The molecule has 2 rings (SSSR count). The number of hydrogen-bond acceptors (Lipinski definition) is 0. The van der Waals surface area contributed by atoms with Gasteiger partial charge in [-0.15, -0.1) is 0 Å². The molecule has 2 aromatic carbocycles. The van der Waals surface area contributed by atoms with Gasteiger partial charge in [0.1, 0.15) is 0 Å². The average Bonchev–Trinajstić information content (AvgIpc) is 2.40. The maximum atomic E-state index is 3.07. The Hall–Kier alpha value is -0.851. The van der Waals surface area contributed by atoms with Crippen LogP contribution in [0.25, 0.3) is 0 Å². The zero-order chi connectivity index (χ0) is 12.8. The van der Waals surface area contributed by atoms with Crippen LogP contribution in [-0.4, -0.2) is 40.1 Å². The SMILES string of the molecule is [Se]C([Se])=[N+](Cc1ccccc1)Cc1ccccc1. The summed E-state index contributed by atoms with van der Waals surface area (Å²) in [6.45, 7) is 1.82. The zero-order valence-electron chi connectivity index (χ0n) is 9.95. The van der Waals surface area contributed by atoms with E-state index < -0.39 is 0 Å². The van der Waals surface area contributed by atoms with Crippen molar-refractivity contribution in [3.63, 3.8) is 0 Å². The summed E-state index contributed by atoms with van der Waals surface area (Å²) in [7, 11) is 0. The molecular formula is C15H14NSe2+. The molecule has 0 saturated heterocycles. The van der Waals surface area contributed by atoms with Gasteiger partial charge in [0, 0.05) is 0 Å². The zero-order valence-corrected chi connectivity index (χ0v) is 13.4. The molecule has 2 aromatic rings. The van der Waals surface area contributed by atoms with Crippen LogP contribution >= 0.6 is 0 Å². The van der Waals surface area contributed by atoms with E-state index in [1.54, 1.807) is 0 Å². The van der Waals surface area contributed by atoms with Gasteiger partial charge in [-0.2, -0.15) is 0 Å². The summed E-state index contributed by atoms with van der Waals surface area (Å²) in [6.07, 6.45) is 0. The Balaban J connectivity index is 2.14. The molecule has 0 bridgehead atoms. The summed E-state index contributed by atoms with van der Waals surface area (Å²) < 4.78 is 3.40. The predicted molar refractivity (Wildman–Crippen MR) is 77.1 cm³/mol. The summed E-state index contributed by atoms with van der Waals surface area (Å²) in [5.41, 5.74) is 2.63. The van der Waals surface area contributed by atoms with Gasteiger partial charge in [-0.3, -0.25) is 0 Å². The van der Waals surface area contributed by atoms with Crippen molar-refractivity contribution in [2.45, 2.75) is 13.1 Å². The van der Waals surface area contributed by atoms with E-state index >= 15 is 0 Å². The molecule has 0 atom stereocenters. The molecule has 0 aromatic heterocycles. The van der Waals surface area contributed by atoms with Gasteiger partial charge in [-0.1, -0.05) is 0 Å². The first-order valence-corrected chi connectivity index (χ1v) is 7.51. The molecule has 0 aliphatic rings. The molecule has 1 nitrogen and oxygen atoms in total. The molecule has 0 amide bonds. The van der Waals surface area contributed by atoms with Crippen LogP contribution in [0.5, 0.6) is 0 Å². The van der Waals surface area contributed by atoms with Crippen LogP contribution in [0.1, 0.15) is 11.1 Å². The topological polar surface area (TPSA) is 3.01 Å². The van der Waals surface area contributed by atoms with Crippen molar-refractivity contribution in [1.29, 1.82) is 0 Å². The fourth-order valence-electron chi connectivity index (χ4n) is 1.79. The molecule has 90 valence electrons. The van der Waals surface area contributed by atoms with Crippen molar-refractivity contribution in [3.05, 3.63) is 71.8 Å². The van der Waals surface area contributed by atoms with E-state index in [-0.39, 0.29) is 0 Å². The first-order chi connectivity index (χ1) is 8.75. The molecule has 0 unspecified atom stereocenters. The molecule has 2 radical (unpaired) electrons. The normalized spacial score (nSPS) is 10.0. The summed E-state index contributed by atoms with van der Waals surface area (Å²) in [4.78, 5) is 0. The molecule has 3 heteroatoms. The molecule has 0 spiro atoms. The number of nitrogens with zero attached hydrogens (tertiary/aromatic N) is 1. The van der Waals surface area contributed by atoms with Gasteiger partial charge >= 0.3 is 125 Å². The van der Waals surface area contributed by atoms with E-state index in [2.05, 4.69) is 85.1 Å². The van der Waals surface area contributed by atoms with Gasteiger partial charge in [0.15, 0.2) is 0 Å². The van der Waals surface area contributed by atoms with Crippen LogP contribution in [0.4, 0.5) is 0 Å². The summed E-state index contributed by atoms with van der Waals surface area (Å²) in [5.74, 6) is 0. The number of rotatable bonds is 4. The summed E-state index contributed by atoms with van der Waals surface area (Å²) in [6, 6.07) is 21.0. The molecular weight excluding hydrogens is 352 g/mol. The summed E-state index contributed by atoms with van der Waals surface area (Å²) >= 11 is 6.14. The Morgan fingerprint density at radius 2 is 1.11 bits per heavy atom. The second-order valence-electron chi connectivity index (χ2n) is 4.09. The van der Waals surface area contributed by atoms with E-state index in [1.807, 2.05) is 12.1 Å². The van der Waals surface area contributed by atoms with Gasteiger partial charge in [0.05, 0.1) is 0 Å². The van der Waals surface area contributed by atoms with Gasteiger partial charge in [-0.05, 0) is 0 Å². The first-order valence-electron chi connectivity index (χ1n) is 5.79. The van der Waals surface area contributed by atoms with Gasteiger partial charge in [-0.25, -0.2) is 0 Å². The Morgan fingerprint density at radius 3 is 1.44 bits per heavy atom. The fourth-order valence-corrected chi connectivity index (χ4v) is 2.33. The molecule has 0 N–H and O–H groups in total. The number of benzene rings is 2. The van der Waals surface area contributed by atoms with Crippen LogP contribution in [0.15, 0.2) is 60.7 Å². The van der Waals surface area contributed by atoms with Crippen LogP contribution in [0, 0.1) is 0 Å². The van der Waals surface area contributed by atoms with Crippen molar-refractivity contribution in [2.75, 3.05) is 0 Å². The quantitative estimate of drug-likeness (QED) is 0.443. The van der Waals surface area contributed by atoms with Crippen LogP contribution in [0.3, 0.4) is 0 Å². The molecule has 18 heavy (non-hydrogen) atoms. The molecule has 0 aliphatic heterocycles. The average molecular weight is 366 g/mol. The van der Waals surface area contributed by atoms with E-state index in [0.29, 0.717) is 0 Å². The second-order valence-corrected chi connectivity index (χ2v) is 7.03. The van der Waals surface area contributed by atoms with Crippen LogP contribution in [-0.2, 0) is 13.1 Å². The Labute approximate surface area is 125 Å². The third-order valence-electron chi connectivity index (χ3n) is 2.69.